The standard InChI is InChI=1S/C19H20ClNO/c20-18-10-4-9-17(13-18)19(22)21-11-5-8-16(14-21)12-15-6-2-1-3-7-15/h1-4,6-7,9-10,13,16H,5,8,11-12,14H2. The van der Waals surface area contributed by atoms with Gasteiger partial charge < -0.3 is 4.90 Å². The van der Waals surface area contributed by atoms with E-state index >= 15 is 0 Å². The summed E-state index contributed by atoms with van der Waals surface area (Å²) >= 11 is 5.99. The smallest absolute Gasteiger partial charge is 0.253 e. The van der Waals surface area contributed by atoms with Gasteiger partial charge in [0, 0.05) is 23.7 Å². The van der Waals surface area contributed by atoms with Crippen LogP contribution < -0.4 is 0 Å². The molecule has 0 radical (unpaired) electrons. The molecule has 0 aromatic heterocycles. The normalized spacial score (nSPS) is 18.2. The van der Waals surface area contributed by atoms with Crippen LogP contribution >= 0.6 is 11.6 Å². The molecule has 1 atom stereocenters. The Labute approximate surface area is 136 Å². The third-order valence-electron chi connectivity index (χ3n) is 4.24. The molecule has 2 aromatic carbocycles. The molecule has 0 aliphatic carbocycles. The number of piperidine rings is 1. The van der Waals surface area contributed by atoms with E-state index in [1.165, 1.54) is 12.0 Å². The third kappa shape index (κ3) is 3.69. The highest BCUT2D eigenvalue weighted by Gasteiger charge is 2.24. The summed E-state index contributed by atoms with van der Waals surface area (Å²) in [6.45, 7) is 1.68. The van der Waals surface area contributed by atoms with Crippen LogP contribution in [0.15, 0.2) is 54.6 Å². The number of amides is 1. The molecule has 1 amide bonds. The number of benzene rings is 2. The van der Waals surface area contributed by atoms with Gasteiger partial charge in [-0.05, 0) is 48.9 Å². The van der Waals surface area contributed by atoms with Gasteiger partial charge in [0.05, 0.1) is 0 Å². The van der Waals surface area contributed by atoms with Gasteiger partial charge in [-0.3, -0.25) is 4.79 Å². The van der Waals surface area contributed by atoms with Gasteiger partial charge in [0.15, 0.2) is 0 Å². The highest BCUT2D eigenvalue weighted by Crippen LogP contribution is 2.23. The van der Waals surface area contributed by atoms with Crippen molar-refractivity contribution in [2.45, 2.75) is 19.3 Å². The molecule has 1 saturated heterocycles. The van der Waals surface area contributed by atoms with Crippen molar-refractivity contribution in [2.75, 3.05) is 13.1 Å². The maximum Gasteiger partial charge on any atom is 0.253 e. The molecule has 2 aromatic rings. The first kappa shape index (κ1) is 15.1. The van der Waals surface area contributed by atoms with Gasteiger partial charge in [0.2, 0.25) is 0 Å². The zero-order chi connectivity index (χ0) is 15.4. The van der Waals surface area contributed by atoms with Gasteiger partial charge in [0.1, 0.15) is 0 Å². The van der Waals surface area contributed by atoms with Crippen LogP contribution in [0, 0.1) is 5.92 Å². The first-order valence-electron chi connectivity index (χ1n) is 7.81. The van der Waals surface area contributed by atoms with Crippen molar-refractivity contribution in [3.63, 3.8) is 0 Å². The zero-order valence-corrected chi connectivity index (χ0v) is 13.3. The van der Waals surface area contributed by atoms with E-state index in [0.29, 0.717) is 16.5 Å². The lowest BCUT2D eigenvalue weighted by molar-refractivity contribution is 0.0673. The summed E-state index contributed by atoms with van der Waals surface area (Å²) < 4.78 is 0. The van der Waals surface area contributed by atoms with Gasteiger partial charge in [-0.15, -0.1) is 0 Å². The van der Waals surface area contributed by atoms with E-state index in [0.717, 1.165) is 25.9 Å². The largest absolute Gasteiger partial charge is 0.338 e. The van der Waals surface area contributed by atoms with Crippen molar-refractivity contribution in [1.29, 1.82) is 0 Å². The molecule has 0 bridgehead atoms. The molecular weight excluding hydrogens is 294 g/mol. The Kier molecular flexibility index (Phi) is 4.79. The van der Waals surface area contributed by atoms with E-state index in [9.17, 15) is 4.79 Å². The summed E-state index contributed by atoms with van der Waals surface area (Å²) in [5.74, 6) is 0.638. The van der Waals surface area contributed by atoms with E-state index in [-0.39, 0.29) is 5.91 Å². The molecule has 1 fully saturated rings. The molecule has 1 heterocycles. The first-order valence-corrected chi connectivity index (χ1v) is 8.19. The number of hydrogen-bond acceptors (Lipinski definition) is 1. The lowest BCUT2D eigenvalue weighted by atomic mass is 9.91. The van der Waals surface area contributed by atoms with Crippen LogP contribution in [0.5, 0.6) is 0 Å². The van der Waals surface area contributed by atoms with E-state index < -0.39 is 0 Å². The first-order chi connectivity index (χ1) is 10.7. The molecule has 0 spiro atoms. The molecule has 1 aliphatic heterocycles. The second-order valence-corrected chi connectivity index (χ2v) is 6.40. The molecule has 1 aliphatic rings. The van der Waals surface area contributed by atoms with Crippen LogP contribution in [0.25, 0.3) is 0 Å². The van der Waals surface area contributed by atoms with Crippen molar-refractivity contribution < 1.29 is 4.79 Å². The molecule has 2 nitrogen and oxygen atoms in total. The van der Waals surface area contributed by atoms with Gasteiger partial charge in [-0.1, -0.05) is 48.0 Å². The van der Waals surface area contributed by atoms with Crippen molar-refractivity contribution in [3.05, 3.63) is 70.7 Å². The minimum atomic E-state index is 0.0975. The summed E-state index contributed by atoms with van der Waals surface area (Å²) in [6.07, 6.45) is 3.30. The highest BCUT2D eigenvalue weighted by atomic mass is 35.5. The molecule has 3 rings (SSSR count). The lowest BCUT2D eigenvalue weighted by Crippen LogP contribution is -2.40. The molecule has 0 saturated carbocycles. The monoisotopic (exact) mass is 313 g/mol. The number of carbonyl (C=O) groups excluding carboxylic acids is 1. The average molecular weight is 314 g/mol. The molecule has 114 valence electrons. The summed E-state index contributed by atoms with van der Waals surface area (Å²) in [4.78, 5) is 14.6. The van der Waals surface area contributed by atoms with Crippen LogP contribution in [0.1, 0.15) is 28.8 Å². The van der Waals surface area contributed by atoms with E-state index in [1.807, 2.05) is 23.1 Å². The van der Waals surface area contributed by atoms with E-state index in [4.69, 9.17) is 11.6 Å². The topological polar surface area (TPSA) is 20.3 Å². The predicted molar refractivity (Wildman–Crippen MR) is 90.2 cm³/mol. The van der Waals surface area contributed by atoms with Crippen LogP contribution in [-0.2, 0) is 6.42 Å². The minimum Gasteiger partial charge on any atom is -0.338 e. The number of carbonyl (C=O) groups is 1. The van der Waals surface area contributed by atoms with Gasteiger partial charge in [-0.25, -0.2) is 0 Å². The minimum absolute atomic E-state index is 0.0975. The van der Waals surface area contributed by atoms with Gasteiger partial charge >= 0.3 is 0 Å². The molecule has 0 N–H and O–H groups in total. The second-order valence-electron chi connectivity index (χ2n) is 5.96. The van der Waals surface area contributed by atoms with Crippen molar-refractivity contribution in [2.24, 2.45) is 5.92 Å². The Balaban J connectivity index is 1.66. The SMILES string of the molecule is O=C(c1cccc(Cl)c1)N1CCCC(Cc2ccccc2)C1. The summed E-state index contributed by atoms with van der Waals surface area (Å²) in [5, 5.41) is 0.615. The molecular formula is C19H20ClNO. The van der Waals surface area contributed by atoms with Crippen molar-refractivity contribution in [1.82, 2.24) is 4.90 Å². The number of rotatable bonds is 3. The highest BCUT2D eigenvalue weighted by molar-refractivity contribution is 6.30. The van der Waals surface area contributed by atoms with Crippen molar-refractivity contribution >= 4 is 17.5 Å². The molecule has 22 heavy (non-hydrogen) atoms. The number of likely N-dealkylation sites (tertiary alicyclic amines) is 1. The van der Waals surface area contributed by atoms with Gasteiger partial charge in [-0.2, -0.15) is 0 Å². The van der Waals surface area contributed by atoms with E-state index in [1.54, 1.807) is 12.1 Å². The lowest BCUT2D eigenvalue weighted by Gasteiger charge is -2.33. The maximum atomic E-state index is 12.6. The van der Waals surface area contributed by atoms with Crippen molar-refractivity contribution in [3.8, 4) is 0 Å². The fraction of sp³-hybridized carbons (Fsp3) is 0.316. The molecule has 1 unspecified atom stereocenters. The average Bonchev–Trinajstić information content (AvgIpc) is 2.55. The van der Waals surface area contributed by atoms with Gasteiger partial charge in [0.25, 0.3) is 5.91 Å². The zero-order valence-electron chi connectivity index (χ0n) is 12.5. The fourth-order valence-corrected chi connectivity index (χ4v) is 3.36. The Bertz CT molecular complexity index is 641. The van der Waals surface area contributed by atoms with Crippen LogP contribution in [0.3, 0.4) is 0 Å². The summed E-state index contributed by atoms with van der Waals surface area (Å²) in [6, 6.07) is 17.8. The quantitative estimate of drug-likeness (QED) is 0.820. The number of nitrogens with zero attached hydrogens (tertiary/aromatic N) is 1. The second kappa shape index (κ2) is 6.97. The Morgan fingerprint density at radius 2 is 1.95 bits per heavy atom. The summed E-state index contributed by atoms with van der Waals surface area (Å²) in [5.41, 5.74) is 2.04. The Hall–Kier alpha value is -1.80. The Morgan fingerprint density at radius 1 is 1.14 bits per heavy atom. The van der Waals surface area contributed by atoms with Crippen LogP contribution in [0.2, 0.25) is 5.02 Å². The summed E-state index contributed by atoms with van der Waals surface area (Å²) in [7, 11) is 0. The van der Waals surface area contributed by atoms with Crippen LogP contribution in [0.4, 0.5) is 0 Å². The number of hydrogen-bond donors (Lipinski definition) is 0. The van der Waals surface area contributed by atoms with Crippen LogP contribution in [-0.4, -0.2) is 23.9 Å². The van der Waals surface area contributed by atoms with E-state index in [2.05, 4.69) is 24.3 Å². The molecule has 3 heteroatoms. The predicted octanol–water partition coefficient (Wildman–Crippen LogP) is 4.43. The third-order valence-corrected chi connectivity index (χ3v) is 4.48. The fourth-order valence-electron chi connectivity index (χ4n) is 3.17. The Morgan fingerprint density at radius 3 is 2.73 bits per heavy atom. The maximum absolute atomic E-state index is 12.6. The number of halogens is 1.